The molecule has 16 heteroatoms. The summed E-state index contributed by atoms with van der Waals surface area (Å²) in [7, 11) is 0. The van der Waals surface area contributed by atoms with Crippen molar-refractivity contribution in [2.75, 3.05) is 6.54 Å². The summed E-state index contributed by atoms with van der Waals surface area (Å²) in [4.78, 5) is 78.7. The van der Waals surface area contributed by atoms with Crippen LogP contribution in [0, 0.1) is 5.92 Å². The minimum absolute atomic E-state index is 0.00277. The second kappa shape index (κ2) is 15.0. The van der Waals surface area contributed by atoms with Gasteiger partial charge in [0.1, 0.15) is 23.2 Å². The molecule has 2 fully saturated rings. The van der Waals surface area contributed by atoms with Crippen LogP contribution in [0.3, 0.4) is 0 Å². The zero-order valence-corrected chi connectivity index (χ0v) is 30.2. The number of fused-ring (bicyclic) bond motifs is 2. The van der Waals surface area contributed by atoms with Crippen molar-refractivity contribution in [1.82, 2.24) is 35.3 Å². The first-order chi connectivity index (χ1) is 24.4. The van der Waals surface area contributed by atoms with Gasteiger partial charge < -0.3 is 25.4 Å². The van der Waals surface area contributed by atoms with Gasteiger partial charge in [0.2, 0.25) is 11.8 Å². The molecule has 5 atom stereocenters. The molecule has 0 bridgehead atoms. The van der Waals surface area contributed by atoms with Crippen LogP contribution in [-0.2, 0) is 19.1 Å². The molecule has 1 saturated carbocycles. The molecular weight excluding hydrogens is 695 g/mol. The number of aromatic nitrogens is 4. The van der Waals surface area contributed by atoms with Crippen molar-refractivity contribution in [3.05, 3.63) is 64.0 Å². The standard InChI is InChI=1S/C35H41N7O7S2/c1-34(2,3)49-33(48)39-24-11-8-6-4-5-7-10-22-17-35(22,31(46)47)40-28(43)25-16-23(19-41(25)29(24)44)42-30(45)27(21-12-15-50-20-21)26(18-38-42)51-32-36-13-9-14-37-32/h7,9-10,12-15,18,20,22-25H,4-6,8,11,16-17,19H2,1-3H3,(H,39,48)(H,40,43)(H,46,47)/t22-,23-,24+,25+,35-/m1/s1. The molecule has 51 heavy (non-hydrogen) atoms. The first kappa shape index (κ1) is 36.2. The minimum atomic E-state index is -1.49. The third kappa shape index (κ3) is 8.17. The van der Waals surface area contributed by atoms with Crippen molar-refractivity contribution < 1.29 is 29.0 Å². The summed E-state index contributed by atoms with van der Waals surface area (Å²) in [5, 5.41) is 24.3. The van der Waals surface area contributed by atoms with E-state index in [9.17, 15) is 29.1 Å². The fourth-order valence-corrected chi connectivity index (χ4v) is 8.08. The lowest BCUT2D eigenvalue weighted by Gasteiger charge is -2.30. The molecule has 0 spiro atoms. The predicted octanol–water partition coefficient (Wildman–Crippen LogP) is 4.43. The first-order valence-electron chi connectivity index (χ1n) is 17.0. The molecule has 1 aliphatic carbocycles. The van der Waals surface area contributed by atoms with E-state index < -0.39 is 58.7 Å². The van der Waals surface area contributed by atoms with Gasteiger partial charge in [-0.05, 0) is 86.7 Å². The molecule has 5 heterocycles. The van der Waals surface area contributed by atoms with Crippen LogP contribution >= 0.6 is 23.1 Å². The van der Waals surface area contributed by atoms with Crippen molar-refractivity contribution in [3.63, 3.8) is 0 Å². The Balaban J connectivity index is 1.36. The second-order valence-electron chi connectivity index (χ2n) is 14.0. The van der Waals surface area contributed by atoms with E-state index in [-0.39, 0.29) is 25.3 Å². The van der Waals surface area contributed by atoms with E-state index in [1.807, 2.05) is 29.0 Å². The van der Waals surface area contributed by atoms with E-state index in [2.05, 4.69) is 25.7 Å². The fourth-order valence-electron chi connectivity index (χ4n) is 6.60. The number of carbonyl (C=O) groups excluding carboxylic acids is 3. The van der Waals surface area contributed by atoms with Crippen molar-refractivity contribution in [2.24, 2.45) is 5.92 Å². The van der Waals surface area contributed by atoms with E-state index in [1.165, 1.54) is 32.7 Å². The van der Waals surface area contributed by atoms with Gasteiger partial charge in [-0.3, -0.25) is 14.4 Å². The number of rotatable bonds is 6. The molecule has 0 radical (unpaired) electrons. The topological polar surface area (TPSA) is 186 Å². The molecule has 3 aromatic rings. The highest BCUT2D eigenvalue weighted by atomic mass is 32.2. The fraction of sp³-hybridized carbons (Fsp3) is 0.486. The van der Waals surface area contributed by atoms with Gasteiger partial charge in [-0.2, -0.15) is 16.4 Å². The zero-order chi connectivity index (χ0) is 36.3. The largest absolute Gasteiger partial charge is 0.479 e. The summed E-state index contributed by atoms with van der Waals surface area (Å²) in [5.74, 6) is -2.70. The highest BCUT2D eigenvalue weighted by molar-refractivity contribution is 7.99. The summed E-state index contributed by atoms with van der Waals surface area (Å²) in [5.41, 5.74) is -1.66. The molecule has 0 aromatic carbocycles. The molecule has 0 unspecified atom stereocenters. The van der Waals surface area contributed by atoms with E-state index in [0.717, 1.165) is 19.3 Å². The van der Waals surface area contributed by atoms with Gasteiger partial charge in [0.15, 0.2) is 5.16 Å². The lowest BCUT2D eigenvalue weighted by atomic mass is 10.0. The number of amides is 3. The quantitative estimate of drug-likeness (QED) is 0.240. The number of ether oxygens (including phenoxy) is 1. The van der Waals surface area contributed by atoms with E-state index in [4.69, 9.17) is 4.74 Å². The van der Waals surface area contributed by atoms with Crippen molar-refractivity contribution in [1.29, 1.82) is 0 Å². The molecule has 2 aliphatic heterocycles. The molecule has 270 valence electrons. The monoisotopic (exact) mass is 735 g/mol. The average Bonchev–Trinajstić information content (AvgIpc) is 3.38. The van der Waals surface area contributed by atoms with Gasteiger partial charge in [0.05, 0.1) is 17.8 Å². The number of alkyl carbamates (subject to hydrolysis) is 1. The van der Waals surface area contributed by atoms with Crippen LogP contribution in [0.2, 0.25) is 0 Å². The van der Waals surface area contributed by atoms with Crippen LogP contribution < -0.4 is 16.2 Å². The number of allylic oxidation sites excluding steroid dienone is 1. The van der Waals surface area contributed by atoms with E-state index >= 15 is 0 Å². The number of carbonyl (C=O) groups is 4. The second-order valence-corrected chi connectivity index (χ2v) is 15.8. The Morgan fingerprint density at radius 2 is 1.94 bits per heavy atom. The van der Waals surface area contributed by atoms with E-state index in [0.29, 0.717) is 34.0 Å². The molecular formula is C35H41N7O7S2. The molecule has 3 aliphatic rings. The lowest BCUT2D eigenvalue weighted by molar-refractivity contribution is -0.145. The van der Waals surface area contributed by atoms with Gasteiger partial charge in [-0.25, -0.2) is 24.2 Å². The average molecular weight is 736 g/mol. The normalized spacial score (nSPS) is 25.5. The highest BCUT2D eigenvalue weighted by Crippen LogP contribution is 2.45. The van der Waals surface area contributed by atoms with Gasteiger partial charge in [-0.1, -0.05) is 25.0 Å². The Morgan fingerprint density at radius 1 is 1.16 bits per heavy atom. The zero-order valence-electron chi connectivity index (χ0n) is 28.6. The predicted molar refractivity (Wildman–Crippen MR) is 189 cm³/mol. The lowest BCUT2D eigenvalue weighted by Crippen LogP contribution is -2.56. The Bertz CT molecular complexity index is 1860. The summed E-state index contributed by atoms with van der Waals surface area (Å²) in [6, 6.07) is 0.629. The maximum absolute atomic E-state index is 14.4. The Labute approximate surface area is 303 Å². The number of thiophene rings is 1. The maximum atomic E-state index is 14.4. The number of aliphatic carboxylic acids is 1. The van der Waals surface area contributed by atoms with Crippen LogP contribution in [0.25, 0.3) is 11.1 Å². The van der Waals surface area contributed by atoms with Crippen LogP contribution in [0.15, 0.2) is 68.5 Å². The van der Waals surface area contributed by atoms with Crippen molar-refractivity contribution in [3.8, 4) is 11.1 Å². The van der Waals surface area contributed by atoms with Gasteiger partial charge in [-0.15, -0.1) is 0 Å². The highest BCUT2D eigenvalue weighted by Gasteiger charge is 2.61. The van der Waals surface area contributed by atoms with Gasteiger partial charge >= 0.3 is 12.1 Å². The Hall–Kier alpha value is -4.57. The van der Waals surface area contributed by atoms with Crippen molar-refractivity contribution in [2.45, 2.75) is 105 Å². The summed E-state index contributed by atoms with van der Waals surface area (Å²) in [6.07, 6.45) is 11.2. The smallest absolute Gasteiger partial charge is 0.408 e. The third-order valence-electron chi connectivity index (χ3n) is 9.20. The van der Waals surface area contributed by atoms with Gasteiger partial charge in [0.25, 0.3) is 5.56 Å². The molecule has 3 aromatic heterocycles. The van der Waals surface area contributed by atoms with Crippen LogP contribution in [0.1, 0.15) is 71.8 Å². The SMILES string of the molecule is CC(C)(C)OC(=O)N[C@H]1CCCCCC=C[C@@H]2C[C@@]2(C(=O)O)NC(=O)[C@@H]2C[C@@H](n3ncc(Sc4ncccn4)c(-c4ccsc4)c3=O)CN2C1=O. The molecule has 6 rings (SSSR count). The molecule has 3 amide bonds. The number of hydrogen-bond donors (Lipinski definition) is 3. The van der Waals surface area contributed by atoms with Crippen molar-refractivity contribution >= 4 is 47.0 Å². The minimum Gasteiger partial charge on any atom is -0.479 e. The third-order valence-corrected chi connectivity index (χ3v) is 10.8. The maximum Gasteiger partial charge on any atom is 0.408 e. The van der Waals surface area contributed by atoms with Gasteiger partial charge in [0, 0.05) is 36.2 Å². The molecule has 1 saturated heterocycles. The number of carboxylic acids is 1. The first-order valence-corrected chi connectivity index (χ1v) is 18.7. The Morgan fingerprint density at radius 3 is 2.65 bits per heavy atom. The summed E-state index contributed by atoms with van der Waals surface area (Å²) in [6.45, 7) is 5.09. The number of nitrogens with one attached hydrogen (secondary N) is 2. The summed E-state index contributed by atoms with van der Waals surface area (Å²) >= 11 is 2.63. The van der Waals surface area contributed by atoms with Crippen LogP contribution in [0.4, 0.5) is 4.79 Å². The molecule has 14 nitrogen and oxygen atoms in total. The number of nitrogens with zero attached hydrogens (tertiary/aromatic N) is 5. The molecule has 3 N–H and O–H groups in total. The van der Waals surface area contributed by atoms with Crippen LogP contribution in [0.5, 0.6) is 0 Å². The van der Waals surface area contributed by atoms with Crippen LogP contribution in [-0.4, -0.2) is 83.4 Å². The number of hydrogen-bond acceptors (Lipinski definition) is 11. The Kier molecular flexibility index (Phi) is 10.6. The summed E-state index contributed by atoms with van der Waals surface area (Å²) < 4.78 is 6.77. The number of carboxylic acid groups (broad SMARTS) is 1. The van der Waals surface area contributed by atoms with E-state index in [1.54, 1.807) is 45.4 Å².